The molecule has 1 saturated carbocycles. The topological polar surface area (TPSA) is 82.7 Å². The van der Waals surface area contributed by atoms with Crippen LogP contribution in [0.4, 0.5) is 0 Å². The molecule has 1 aliphatic rings. The van der Waals surface area contributed by atoms with Gasteiger partial charge in [0.1, 0.15) is 11.3 Å². The van der Waals surface area contributed by atoms with Crippen LogP contribution < -0.4 is 5.32 Å². The summed E-state index contributed by atoms with van der Waals surface area (Å²) in [4.78, 5) is 10.9. The monoisotopic (exact) mass is 253 g/mol. The number of aliphatic hydroxyl groups excluding tert-OH is 1. The van der Waals surface area contributed by atoms with Gasteiger partial charge < -0.3 is 19.9 Å². The predicted molar refractivity (Wildman–Crippen MR) is 65.3 cm³/mol. The van der Waals surface area contributed by atoms with Crippen LogP contribution >= 0.6 is 0 Å². The van der Waals surface area contributed by atoms with Crippen LogP contribution in [0.15, 0.2) is 16.7 Å². The van der Waals surface area contributed by atoms with Gasteiger partial charge in [-0.2, -0.15) is 0 Å². The molecule has 100 valence electrons. The van der Waals surface area contributed by atoms with Crippen molar-refractivity contribution in [2.24, 2.45) is 5.92 Å². The van der Waals surface area contributed by atoms with Crippen molar-refractivity contribution in [3.05, 3.63) is 23.7 Å². The number of furan rings is 1. The number of hydrogen-bond donors (Lipinski definition) is 3. The average Bonchev–Trinajstić information content (AvgIpc) is 2.85. The molecule has 0 bridgehead atoms. The summed E-state index contributed by atoms with van der Waals surface area (Å²) in [6.07, 6.45) is 5.75. The van der Waals surface area contributed by atoms with E-state index in [1.165, 1.54) is 12.3 Å². The number of carboxylic acid groups (broad SMARTS) is 1. The van der Waals surface area contributed by atoms with Gasteiger partial charge in [-0.3, -0.25) is 0 Å². The minimum absolute atomic E-state index is 0.182. The summed E-state index contributed by atoms with van der Waals surface area (Å²) < 4.78 is 5.18. The Morgan fingerprint density at radius 2 is 2.22 bits per heavy atom. The molecule has 1 aromatic rings. The lowest BCUT2D eigenvalue weighted by Crippen LogP contribution is -2.39. The molecule has 1 heterocycles. The lowest BCUT2D eigenvalue weighted by molar-refractivity contribution is 0.0693. The molecule has 1 aromatic heterocycles. The maximum absolute atomic E-state index is 10.9. The molecule has 1 aliphatic carbocycles. The Kier molecular flexibility index (Phi) is 4.38. The Hall–Kier alpha value is -1.33. The number of aliphatic hydroxyl groups is 1. The van der Waals surface area contributed by atoms with Gasteiger partial charge in [-0.05, 0) is 24.8 Å². The van der Waals surface area contributed by atoms with E-state index in [4.69, 9.17) is 9.52 Å². The Bertz CT molecular complexity index is 401. The Labute approximate surface area is 106 Å². The molecular formula is C13H19NO4. The number of hydrogen-bond acceptors (Lipinski definition) is 4. The first-order chi connectivity index (χ1) is 8.72. The van der Waals surface area contributed by atoms with Gasteiger partial charge in [0.15, 0.2) is 0 Å². The third-order valence-corrected chi connectivity index (χ3v) is 3.64. The summed E-state index contributed by atoms with van der Waals surface area (Å²) in [7, 11) is 0. The molecule has 0 amide bonds. The first kappa shape index (κ1) is 13.1. The molecule has 0 aromatic carbocycles. The van der Waals surface area contributed by atoms with Crippen molar-refractivity contribution in [2.45, 2.75) is 38.3 Å². The largest absolute Gasteiger partial charge is 0.478 e. The summed E-state index contributed by atoms with van der Waals surface area (Å²) in [5, 5.41) is 21.6. The van der Waals surface area contributed by atoms with Gasteiger partial charge >= 0.3 is 5.97 Å². The average molecular weight is 253 g/mol. The summed E-state index contributed by atoms with van der Waals surface area (Å²) in [5.41, 5.74) is 0.207. The quantitative estimate of drug-likeness (QED) is 0.742. The predicted octanol–water partition coefficient (Wildman–Crippen LogP) is 1.62. The van der Waals surface area contributed by atoms with Gasteiger partial charge in [0.25, 0.3) is 0 Å². The zero-order chi connectivity index (χ0) is 13.0. The molecule has 3 N–H and O–H groups in total. The second kappa shape index (κ2) is 6.02. The van der Waals surface area contributed by atoms with Crippen LogP contribution in [0.3, 0.4) is 0 Å². The highest BCUT2D eigenvalue weighted by atomic mass is 16.4. The van der Waals surface area contributed by atoms with E-state index in [1.54, 1.807) is 0 Å². The summed E-state index contributed by atoms with van der Waals surface area (Å²) in [5.74, 6) is -0.255. The van der Waals surface area contributed by atoms with Crippen LogP contribution in [-0.2, 0) is 6.54 Å². The summed E-state index contributed by atoms with van der Waals surface area (Å²) >= 11 is 0. The normalized spacial score (nSPS) is 24.1. The number of carboxylic acids is 1. The molecule has 5 heteroatoms. The van der Waals surface area contributed by atoms with Crippen LogP contribution in [0.2, 0.25) is 0 Å². The van der Waals surface area contributed by atoms with Crippen molar-refractivity contribution in [2.75, 3.05) is 6.61 Å². The molecule has 18 heavy (non-hydrogen) atoms. The molecule has 2 unspecified atom stereocenters. The van der Waals surface area contributed by atoms with E-state index >= 15 is 0 Å². The third-order valence-electron chi connectivity index (χ3n) is 3.64. The van der Waals surface area contributed by atoms with Gasteiger partial charge in [0.2, 0.25) is 0 Å². The van der Waals surface area contributed by atoms with Crippen molar-refractivity contribution in [1.82, 2.24) is 5.32 Å². The lowest BCUT2D eigenvalue weighted by Gasteiger charge is -2.30. The van der Waals surface area contributed by atoms with Crippen LogP contribution in [0.5, 0.6) is 0 Å². The minimum atomic E-state index is -0.970. The zero-order valence-electron chi connectivity index (χ0n) is 10.3. The number of nitrogens with one attached hydrogen (secondary N) is 1. The van der Waals surface area contributed by atoms with E-state index in [9.17, 15) is 9.90 Å². The second-order valence-electron chi connectivity index (χ2n) is 4.78. The third kappa shape index (κ3) is 2.91. The highest BCUT2D eigenvalue weighted by molar-refractivity contribution is 5.88. The standard InChI is InChI=1S/C13H19NO4/c15-8-9-3-1-2-4-11(9)14-7-12-10(13(16)17)5-6-18-12/h5-6,9,11,14-15H,1-4,7-8H2,(H,16,17). The molecular weight excluding hydrogens is 234 g/mol. The van der Waals surface area contributed by atoms with Crippen LogP contribution in [0.1, 0.15) is 41.8 Å². The van der Waals surface area contributed by atoms with E-state index in [2.05, 4.69) is 5.32 Å². The van der Waals surface area contributed by atoms with Gasteiger partial charge in [-0.1, -0.05) is 12.8 Å². The molecule has 2 rings (SSSR count). The minimum Gasteiger partial charge on any atom is -0.478 e. The number of carbonyl (C=O) groups is 1. The van der Waals surface area contributed by atoms with Crippen LogP contribution in [-0.4, -0.2) is 28.8 Å². The van der Waals surface area contributed by atoms with Crippen molar-refractivity contribution in [1.29, 1.82) is 0 Å². The van der Waals surface area contributed by atoms with Crippen LogP contribution in [0, 0.1) is 5.92 Å². The van der Waals surface area contributed by atoms with E-state index in [0.29, 0.717) is 12.3 Å². The Balaban J connectivity index is 1.93. The molecule has 2 atom stereocenters. The fourth-order valence-corrected chi connectivity index (χ4v) is 2.59. The van der Waals surface area contributed by atoms with E-state index < -0.39 is 5.97 Å². The van der Waals surface area contributed by atoms with Crippen molar-refractivity contribution in [3.63, 3.8) is 0 Å². The summed E-state index contributed by atoms with van der Waals surface area (Å²) in [6, 6.07) is 1.71. The Morgan fingerprint density at radius 3 is 2.94 bits per heavy atom. The number of rotatable bonds is 5. The maximum Gasteiger partial charge on any atom is 0.339 e. The first-order valence-electron chi connectivity index (χ1n) is 6.36. The molecule has 0 spiro atoms. The molecule has 1 fully saturated rings. The first-order valence-corrected chi connectivity index (χ1v) is 6.36. The molecule has 0 radical (unpaired) electrons. The van der Waals surface area contributed by atoms with Crippen molar-refractivity contribution in [3.8, 4) is 0 Å². The van der Waals surface area contributed by atoms with E-state index in [1.807, 2.05) is 0 Å². The maximum atomic E-state index is 10.9. The smallest absolute Gasteiger partial charge is 0.339 e. The van der Waals surface area contributed by atoms with Crippen molar-refractivity contribution < 1.29 is 19.4 Å². The fraction of sp³-hybridized carbons (Fsp3) is 0.615. The second-order valence-corrected chi connectivity index (χ2v) is 4.78. The highest BCUT2D eigenvalue weighted by Crippen LogP contribution is 2.24. The van der Waals surface area contributed by atoms with Crippen LogP contribution in [0.25, 0.3) is 0 Å². The van der Waals surface area contributed by atoms with Gasteiger partial charge in [0, 0.05) is 12.6 Å². The fourth-order valence-electron chi connectivity index (χ4n) is 2.59. The van der Waals surface area contributed by atoms with Gasteiger partial charge in [-0.25, -0.2) is 4.79 Å². The zero-order valence-corrected chi connectivity index (χ0v) is 10.3. The van der Waals surface area contributed by atoms with E-state index in [-0.39, 0.29) is 24.1 Å². The molecule has 5 nitrogen and oxygen atoms in total. The molecule has 0 saturated heterocycles. The SMILES string of the molecule is O=C(O)c1ccoc1CNC1CCCCC1CO. The Morgan fingerprint density at radius 1 is 1.44 bits per heavy atom. The highest BCUT2D eigenvalue weighted by Gasteiger charge is 2.24. The summed E-state index contributed by atoms with van der Waals surface area (Å²) in [6.45, 7) is 0.581. The van der Waals surface area contributed by atoms with Gasteiger partial charge in [-0.15, -0.1) is 0 Å². The molecule has 0 aliphatic heterocycles. The van der Waals surface area contributed by atoms with E-state index in [0.717, 1.165) is 25.7 Å². The number of aromatic carboxylic acids is 1. The van der Waals surface area contributed by atoms with Gasteiger partial charge in [0.05, 0.1) is 12.8 Å². The van der Waals surface area contributed by atoms with Crippen molar-refractivity contribution >= 4 is 5.97 Å². The lowest BCUT2D eigenvalue weighted by atomic mass is 9.85.